The second-order valence-electron chi connectivity index (χ2n) is 3.39. The fraction of sp³-hybridized carbons (Fsp3) is 0.455. The number of nitrogens with two attached hydrogens (primary N) is 1. The van der Waals surface area contributed by atoms with E-state index in [2.05, 4.69) is 0 Å². The molecule has 2 atom stereocenters. The van der Waals surface area contributed by atoms with Gasteiger partial charge in [-0.2, -0.15) is 0 Å². The van der Waals surface area contributed by atoms with Crippen LogP contribution in [-0.2, 0) is 6.42 Å². The third-order valence-electron chi connectivity index (χ3n) is 2.18. The molecule has 0 saturated heterocycles. The third kappa shape index (κ3) is 2.70. The lowest BCUT2D eigenvalue weighted by Crippen LogP contribution is -2.29. The highest BCUT2D eigenvalue weighted by molar-refractivity contribution is 5.33. The van der Waals surface area contributed by atoms with Gasteiger partial charge in [0.25, 0.3) is 0 Å². The van der Waals surface area contributed by atoms with Crippen LogP contribution in [0.5, 0.6) is 5.75 Å². The normalized spacial score (nSPS) is 14.9. The lowest BCUT2D eigenvalue weighted by atomic mass is 10.0. The maximum Gasteiger partial charge on any atom is 0.122 e. The Balaban J connectivity index is 2.75. The molecule has 0 heterocycles. The van der Waals surface area contributed by atoms with Crippen LogP contribution in [0.3, 0.4) is 0 Å². The van der Waals surface area contributed by atoms with E-state index in [0.717, 1.165) is 11.3 Å². The Morgan fingerprint density at radius 1 is 1.43 bits per heavy atom. The highest BCUT2D eigenvalue weighted by Crippen LogP contribution is 2.20. The molecule has 2 N–H and O–H groups in total. The van der Waals surface area contributed by atoms with Crippen molar-refractivity contribution in [3.8, 4) is 5.75 Å². The van der Waals surface area contributed by atoms with Crippen LogP contribution in [0.25, 0.3) is 0 Å². The van der Waals surface area contributed by atoms with Crippen LogP contribution in [0, 0.1) is 0 Å². The van der Waals surface area contributed by atoms with Crippen molar-refractivity contribution in [2.24, 2.45) is 5.73 Å². The van der Waals surface area contributed by atoms with Crippen LogP contribution in [0.4, 0.5) is 4.39 Å². The van der Waals surface area contributed by atoms with Gasteiger partial charge in [0.15, 0.2) is 0 Å². The molecule has 3 heteroatoms. The van der Waals surface area contributed by atoms with E-state index in [9.17, 15) is 4.39 Å². The highest BCUT2D eigenvalue weighted by atomic mass is 19.1. The number of alkyl halides is 1. The Labute approximate surface area is 83.9 Å². The van der Waals surface area contributed by atoms with E-state index in [1.807, 2.05) is 24.3 Å². The maximum absolute atomic E-state index is 13.3. The Hall–Kier alpha value is -1.09. The van der Waals surface area contributed by atoms with Gasteiger partial charge in [0.1, 0.15) is 11.9 Å². The topological polar surface area (TPSA) is 35.2 Å². The zero-order valence-corrected chi connectivity index (χ0v) is 8.53. The number of halogens is 1. The summed E-state index contributed by atoms with van der Waals surface area (Å²) in [5, 5.41) is 0. The molecule has 0 radical (unpaired) electrons. The van der Waals surface area contributed by atoms with E-state index in [-0.39, 0.29) is 0 Å². The lowest BCUT2D eigenvalue weighted by Gasteiger charge is -2.13. The second kappa shape index (κ2) is 4.96. The van der Waals surface area contributed by atoms with Crippen molar-refractivity contribution < 1.29 is 9.13 Å². The standard InChI is InChI=1S/C11H16FNO/c1-8(13)10(12)7-9-5-3-4-6-11(9)14-2/h3-6,8,10H,7,13H2,1-2H3. The average Bonchev–Trinajstić information content (AvgIpc) is 2.18. The van der Waals surface area contributed by atoms with Gasteiger partial charge < -0.3 is 10.5 Å². The molecule has 1 rings (SSSR count). The molecule has 0 amide bonds. The molecular weight excluding hydrogens is 181 g/mol. The van der Waals surface area contributed by atoms with Crippen LogP contribution in [0.2, 0.25) is 0 Å². The molecule has 0 aliphatic carbocycles. The average molecular weight is 197 g/mol. The number of rotatable bonds is 4. The summed E-state index contributed by atoms with van der Waals surface area (Å²) in [6.45, 7) is 1.67. The lowest BCUT2D eigenvalue weighted by molar-refractivity contribution is 0.287. The number of hydrogen-bond donors (Lipinski definition) is 1. The molecule has 2 unspecified atom stereocenters. The largest absolute Gasteiger partial charge is 0.496 e. The van der Waals surface area contributed by atoms with Gasteiger partial charge in [0.2, 0.25) is 0 Å². The van der Waals surface area contributed by atoms with Gasteiger partial charge in [-0.05, 0) is 18.6 Å². The summed E-state index contributed by atoms with van der Waals surface area (Å²) in [5.41, 5.74) is 6.32. The Kier molecular flexibility index (Phi) is 3.89. The predicted octanol–water partition coefficient (Wildman–Crippen LogP) is 1.92. The molecular formula is C11H16FNO. The molecule has 0 saturated carbocycles. The van der Waals surface area contributed by atoms with Crippen LogP contribution in [0.1, 0.15) is 12.5 Å². The van der Waals surface area contributed by atoms with Gasteiger partial charge >= 0.3 is 0 Å². The molecule has 0 spiro atoms. The summed E-state index contributed by atoms with van der Waals surface area (Å²) < 4.78 is 18.5. The minimum atomic E-state index is -1.02. The molecule has 0 fully saturated rings. The first-order chi connectivity index (χ1) is 6.65. The van der Waals surface area contributed by atoms with E-state index in [1.165, 1.54) is 0 Å². The zero-order valence-electron chi connectivity index (χ0n) is 8.53. The quantitative estimate of drug-likeness (QED) is 0.800. The van der Waals surface area contributed by atoms with Crippen molar-refractivity contribution in [1.29, 1.82) is 0 Å². The van der Waals surface area contributed by atoms with Crippen LogP contribution < -0.4 is 10.5 Å². The van der Waals surface area contributed by atoms with Gasteiger partial charge in [0.05, 0.1) is 7.11 Å². The van der Waals surface area contributed by atoms with Gasteiger partial charge in [-0.3, -0.25) is 0 Å². The van der Waals surface area contributed by atoms with E-state index in [4.69, 9.17) is 10.5 Å². The predicted molar refractivity (Wildman–Crippen MR) is 55.2 cm³/mol. The minimum absolute atomic E-state index is 0.307. The van der Waals surface area contributed by atoms with Gasteiger partial charge in [-0.25, -0.2) is 4.39 Å². The van der Waals surface area contributed by atoms with Crippen LogP contribution in [-0.4, -0.2) is 19.3 Å². The third-order valence-corrected chi connectivity index (χ3v) is 2.18. The summed E-state index contributed by atoms with van der Waals surface area (Å²) in [7, 11) is 1.58. The Morgan fingerprint density at radius 3 is 2.64 bits per heavy atom. The summed E-state index contributed by atoms with van der Waals surface area (Å²) in [4.78, 5) is 0. The first kappa shape index (κ1) is 11.0. The molecule has 0 aromatic heterocycles. The number of para-hydroxylation sites is 1. The monoisotopic (exact) mass is 197 g/mol. The van der Waals surface area contributed by atoms with Crippen molar-refractivity contribution >= 4 is 0 Å². The summed E-state index contributed by atoms with van der Waals surface area (Å²) in [6.07, 6.45) is -0.715. The molecule has 0 aliphatic heterocycles. The van der Waals surface area contributed by atoms with Crippen LogP contribution >= 0.6 is 0 Å². The number of ether oxygens (including phenoxy) is 1. The van der Waals surface area contributed by atoms with Crippen LogP contribution in [0.15, 0.2) is 24.3 Å². The molecule has 78 valence electrons. The first-order valence-corrected chi connectivity index (χ1v) is 4.66. The van der Waals surface area contributed by atoms with E-state index >= 15 is 0 Å². The molecule has 0 aliphatic rings. The number of benzene rings is 1. The number of methoxy groups -OCH3 is 1. The fourth-order valence-electron chi connectivity index (χ4n) is 1.27. The molecule has 2 nitrogen and oxygen atoms in total. The number of hydrogen-bond acceptors (Lipinski definition) is 2. The maximum atomic E-state index is 13.3. The smallest absolute Gasteiger partial charge is 0.122 e. The van der Waals surface area contributed by atoms with Crippen molar-refractivity contribution in [3.63, 3.8) is 0 Å². The SMILES string of the molecule is COc1ccccc1CC(F)C(C)N. The molecule has 14 heavy (non-hydrogen) atoms. The van der Waals surface area contributed by atoms with Crippen molar-refractivity contribution in [1.82, 2.24) is 0 Å². The van der Waals surface area contributed by atoms with Gasteiger partial charge in [-0.15, -0.1) is 0 Å². The molecule has 1 aromatic carbocycles. The summed E-state index contributed by atoms with van der Waals surface area (Å²) in [6, 6.07) is 6.96. The van der Waals surface area contributed by atoms with E-state index in [1.54, 1.807) is 14.0 Å². The molecule has 0 bridgehead atoms. The highest BCUT2D eigenvalue weighted by Gasteiger charge is 2.14. The fourth-order valence-corrected chi connectivity index (χ4v) is 1.27. The minimum Gasteiger partial charge on any atom is -0.496 e. The van der Waals surface area contributed by atoms with Gasteiger partial charge in [-0.1, -0.05) is 18.2 Å². The second-order valence-corrected chi connectivity index (χ2v) is 3.39. The van der Waals surface area contributed by atoms with Crippen molar-refractivity contribution in [3.05, 3.63) is 29.8 Å². The Morgan fingerprint density at radius 2 is 2.07 bits per heavy atom. The van der Waals surface area contributed by atoms with Crippen molar-refractivity contribution in [2.75, 3.05) is 7.11 Å². The Bertz CT molecular complexity index is 288. The van der Waals surface area contributed by atoms with Gasteiger partial charge in [0, 0.05) is 12.5 Å². The molecule has 1 aromatic rings. The first-order valence-electron chi connectivity index (χ1n) is 4.66. The van der Waals surface area contributed by atoms with Crippen molar-refractivity contribution in [2.45, 2.75) is 25.6 Å². The summed E-state index contributed by atoms with van der Waals surface area (Å²) in [5.74, 6) is 0.718. The summed E-state index contributed by atoms with van der Waals surface area (Å²) >= 11 is 0. The van der Waals surface area contributed by atoms with E-state index < -0.39 is 12.2 Å². The van der Waals surface area contributed by atoms with E-state index in [0.29, 0.717) is 6.42 Å². The zero-order chi connectivity index (χ0) is 10.6.